The Morgan fingerprint density at radius 3 is 2.28 bits per heavy atom. The highest BCUT2D eigenvalue weighted by Gasteiger charge is 2.30. The lowest BCUT2D eigenvalue weighted by atomic mass is 9.68. The van der Waals surface area contributed by atoms with E-state index < -0.39 is 0 Å². The molecular formula is C17H35N. The third-order valence-corrected chi connectivity index (χ3v) is 5.08. The van der Waals surface area contributed by atoms with Crippen molar-refractivity contribution in [2.45, 2.75) is 66.7 Å². The summed E-state index contributed by atoms with van der Waals surface area (Å²) >= 11 is 0. The highest BCUT2D eigenvalue weighted by molar-refractivity contribution is 4.81. The summed E-state index contributed by atoms with van der Waals surface area (Å²) in [6.45, 7) is 14.3. The third kappa shape index (κ3) is 4.91. The number of hydrogen-bond donors (Lipinski definition) is 1. The molecule has 1 rings (SSSR count). The molecule has 0 spiro atoms. The van der Waals surface area contributed by atoms with Gasteiger partial charge in [-0.05, 0) is 49.1 Å². The largest absolute Gasteiger partial charge is 0.316 e. The summed E-state index contributed by atoms with van der Waals surface area (Å²) in [4.78, 5) is 0. The minimum atomic E-state index is 0.769. The Balaban J connectivity index is 2.38. The monoisotopic (exact) mass is 253 g/mol. The van der Waals surface area contributed by atoms with Gasteiger partial charge in [-0.1, -0.05) is 60.3 Å². The minimum absolute atomic E-state index is 0.769. The van der Waals surface area contributed by atoms with E-state index in [0.29, 0.717) is 0 Å². The molecule has 0 radical (unpaired) electrons. The maximum Gasteiger partial charge on any atom is -0.00204 e. The van der Waals surface area contributed by atoms with Crippen LogP contribution in [-0.2, 0) is 0 Å². The van der Waals surface area contributed by atoms with Gasteiger partial charge in [0.05, 0.1) is 0 Å². The lowest BCUT2D eigenvalue weighted by Crippen LogP contribution is -2.34. The van der Waals surface area contributed by atoms with Crippen LogP contribution in [0, 0.1) is 29.6 Å². The highest BCUT2D eigenvalue weighted by Crippen LogP contribution is 2.39. The second kappa shape index (κ2) is 8.19. The van der Waals surface area contributed by atoms with E-state index in [1.165, 1.54) is 45.2 Å². The lowest BCUT2D eigenvalue weighted by molar-refractivity contribution is 0.128. The van der Waals surface area contributed by atoms with Crippen molar-refractivity contribution in [2.24, 2.45) is 29.6 Å². The summed E-state index contributed by atoms with van der Waals surface area (Å²) < 4.78 is 0. The molecule has 1 aliphatic rings. The van der Waals surface area contributed by atoms with E-state index in [9.17, 15) is 0 Å². The predicted octanol–water partition coefficient (Wildman–Crippen LogP) is 4.72. The first-order valence-corrected chi connectivity index (χ1v) is 8.26. The summed E-state index contributed by atoms with van der Waals surface area (Å²) in [5.41, 5.74) is 0. The average molecular weight is 253 g/mol. The first-order valence-electron chi connectivity index (χ1n) is 8.26. The zero-order valence-electron chi connectivity index (χ0n) is 13.3. The fourth-order valence-electron chi connectivity index (χ4n) is 3.64. The van der Waals surface area contributed by atoms with E-state index in [1.807, 2.05) is 0 Å². The van der Waals surface area contributed by atoms with Gasteiger partial charge in [0.2, 0.25) is 0 Å². The first kappa shape index (κ1) is 16.0. The number of hydrogen-bond acceptors (Lipinski definition) is 1. The Morgan fingerprint density at radius 1 is 1.00 bits per heavy atom. The number of rotatable bonds is 7. The van der Waals surface area contributed by atoms with E-state index in [1.54, 1.807) is 0 Å². The average Bonchev–Trinajstić information content (AvgIpc) is 2.37. The standard InChI is InChI=1S/C17H35N/c1-6-16-9-7-8-10-17(16)15(5)14(4)12-18-11-13(2)3/h13-18H,6-12H2,1-5H3. The Hall–Kier alpha value is -0.0400. The van der Waals surface area contributed by atoms with Gasteiger partial charge < -0.3 is 5.32 Å². The second-order valence-electron chi connectivity index (χ2n) is 7.01. The Bertz CT molecular complexity index is 212. The third-order valence-electron chi connectivity index (χ3n) is 5.08. The molecule has 1 heteroatoms. The zero-order valence-corrected chi connectivity index (χ0v) is 13.3. The Morgan fingerprint density at radius 2 is 1.67 bits per heavy atom. The van der Waals surface area contributed by atoms with Crippen LogP contribution in [0.15, 0.2) is 0 Å². The van der Waals surface area contributed by atoms with Gasteiger partial charge in [0.25, 0.3) is 0 Å². The maximum atomic E-state index is 3.64. The van der Waals surface area contributed by atoms with Crippen molar-refractivity contribution < 1.29 is 0 Å². The Labute approximate surface area is 115 Å². The van der Waals surface area contributed by atoms with Crippen molar-refractivity contribution in [1.82, 2.24) is 5.32 Å². The predicted molar refractivity (Wildman–Crippen MR) is 81.8 cm³/mol. The van der Waals surface area contributed by atoms with Gasteiger partial charge in [0, 0.05) is 0 Å². The van der Waals surface area contributed by atoms with Crippen LogP contribution < -0.4 is 5.32 Å². The van der Waals surface area contributed by atoms with Crippen molar-refractivity contribution in [1.29, 1.82) is 0 Å². The van der Waals surface area contributed by atoms with Crippen LogP contribution in [0.5, 0.6) is 0 Å². The molecule has 4 atom stereocenters. The summed E-state index contributed by atoms with van der Waals surface area (Å²) in [5.74, 6) is 4.46. The zero-order chi connectivity index (χ0) is 13.5. The molecule has 1 N–H and O–H groups in total. The molecule has 0 aromatic carbocycles. The molecule has 0 bridgehead atoms. The van der Waals surface area contributed by atoms with Gasteiger partial charge in [0.1, 0.15) is 0 Å². The fraction of sp³-hybridized carbons (Fsp3) is 1.00. The molecule has 108 valence electrons. The van der Waals surface area contributed by atoms with Crippen LogP contribution in [-0.4, -0.2) is 13.1 Å². The van der Waals surface area contributed by atoms with Crippen LogP contribution in [0.2, 0.25) is 0 Å². The number of nitrogens with one attached hydrogen (secondary N) is 1. The Kier molecular flexibility index (Phi) is 7.29. The van der Waals surface area contributed by atoms with Gasteiger partial charge in [0.15, 0.2) is 0 Å². The van der Waals surface area contributed by atoms with Gasteiger partial charge in [-0.25, -0.2) is 0 Å². The van der Waals surface area contributed by atoms with E-state index >= 15 is 0 Å². The van der Waals surface area contributed by atoms with Crippen LogP contribution in [0.25, 0.3) is 0 Å². The van der Waals surface area contributed by atoms with Crippen LogP contribution in [0.1, 0.15) is 66.7 Å². The second-order valence-corrected chi connectivity index (χ2v) is 7.01. The van der Waals surface area contributed by atoms with Gasteiger partial charge >= 0.3 is 0 Å². The van der Waals surface area contributed by atoms with Crippen LogP contribution in [0.4, 0.5) is 0 Å². The summed E-state index contributed by atoms with van der Waals surface area (Å²) in [6.07, 6.45) is 7.30. The molecule has 4 unspecified atom stereocenters. The van der Waals surface area contributed by atoms with Crippen LogP contribution >= 0.6 is 0 Å². The van der Waals surface area contributed by atoms with Crippen LogP contribution in [0.3, 0.4) is 0 Å². The molecule has 1 aliphatic carbocycles. The summed E-state index contributed by atoms with van der Waals surface area (Å²) in [6, 6.07) is 0. The first-order chi connectivity index (χ1) is 8.56. The van der Waals surface area contributed by atoms with E-state index in [2.05, 4.69) is 39.9 Å². The van der Waals surface area contributed by atoms with Crippen molar-refractivity contribution in [3.05, 3.63) is 0 Å². The minimum Gasteiger partial charge on any atom is -0.316 e. The molecule has 1 fully saturated rings. The highest BCUT2D eigenvalue weighted by atomic mass is 14.9. The fourth-order valence-corrected chi connectivity index (χ4v) is 3.64. The van der Waals surface area contributed by atoms with Gasteiger partial charge in [-0.3, -0.25) is 0 Å². The SMILES string of the molecule is CCC1CCCCC1C(C)C(C)CNCC(C)C. The summed E-state index contributed by atoms with van der Waals surface area (Å²) in [7, 11) is 0. The van der Waals surface area contributed by atoms with Crippen molar-refractivity contribution >= 4 is 0 Å². The van der Waals surface area contributed by atoms with E-state index in [0.717, 1.165) is 29.6 Å². The molecule has 0 saturated heterocycles. The normalized spacial score (nSPS) is 28.3. The van der Waals surface area contributed by atoms with Gasteiger partial charge in [-0.15, -0.1) is 0 Å². The van der Waals surface area contributed by atoms with E-state index in [-0.39, 0.29) is 0 Å². The smallest absolute Gasteiger partial charge is 0.00204 e. The molecule has 18 heavy (non-hydrogen) atoms. The lowest BCUT2D eigenvalue weighted by Gasteiger charge is -2.38. The molecule has 1 saturated carbocycles. The molecule has 0 aromatic rings. The van der Waals surface area contributed by atoms with E-state index in [4.69, 9.17) is 0 Å². The molecule has 0 aromatic heterocycles. The topological polar surface area (TPSA) is 12.0 Å². The van der Waals surface area contributed by atoms with Crippen molar-refractivity contribution in [3.63, 3.8) is 0 Å². The molecule has 0 heterocycles. The van der Waals surface area contributed by atoms with Crippen molar-refractivity contribution in [2.75, 3.05) is 13.1 Å². The molecule has 1 nitrogen and oxygen atoms in total. The van der Waals surface area contributed by atoms with Gasteiger partial charge in [-0.2, -0.15) is 0 Å². The molecule has 0 aliphatic heterocycles. The van der Waals surface area contributed by atoms with Crippen molar-refractivity contribution in [3.8, 4) is 0 Å². The molecule has 0 amide bonds. The maximum absolute atomic E-state index is 3.64. The summed E-state index contributed by atoms with van der Waals surface area (Å²) in [5, 5.41) is 3.64. The molecular weight excluding hydrogens is 218 g/mol. The quantitative estimate of drug-likeness (QED) is 0.692.